The molecular formula is C13H15ClO2. The van der Waals surface area contributed by atoms with Gasteiger partial charge in [-0.05, 0) is 47.8 Å². The summed E-state index contributed by atoms with van der Waals surface area (Å²) in [6.07, 6.45) is 3.34. The predicted molar refractivity (Wildman–Crippen MR) is 63.1 cm³/mol. The molecule has 0 atom stereocenters. The second-order valence-corrected chi connectivity index (χ2v) is 5.73. The highest BCUT2D eigenvalue weighted by atomic mass is 35.5. The number of halogens is 1. The number of rotatable bonds is 3. The molecule has 0 unspecified atom stereocenters. The fraction of sp³-hybridized carbons (Fsp3) is 0.538. The van der Waals surface area contributed by atoms with Crippen LogP contribution in [0.4, 0.5) is 0 Å². The molecule has 0 saturated heterocycles. The van der Waals surface area contributed by atoms with Gasteiger partial charge in [0, 0.05) is 6.61 Å². The molecule has 2 nitrogen and oxygen atoms in total. The Morgan fingerprint density at radius 3 is 2.62 bits per heavy atom. The van der Waals surface area contributed by atoms with Crippen LogP contribution in [-0.4, -0.2) is 18.8 Å². The average Bonchev–Trinajstić information content (AvgIpc) is 2.17. The molecule has 1 aromatic carbocycles. The van der Waals surface area contributed by atoms with Crippen LogP contribution in [0.25, 0.3) is 0 Å². The largest absolute Gasteiger partial charge is 0.495 e. The molecule has 2 bridgehead atoms. The van der Waals surface area contributed by atoms with Crippen LogP contribution < -0.4 is 4.74 Å². The van der Waals surface area contributed by atoms with Gasteiger partial charge in [0.15, 0.2) is 0 Å². The van der Waals surface area contributed by atoms with E-state index in [0.717, 1.165) is 25.0 Å². The zero-order valence-corrected chi connectivity index (χ0v) is 10.0. The van der Waals surface area contributed by atoms with Gasteiger partial charge in [-0.15, -0.1) is 0 Å². The minimum absolute atomic E-state index is 0.243. The van der Waals surface area contributed by atoms with Crippen LogP contribution in [0.5, 0.6) is 5.75 Å². The maximum atomic E-state index is 9.24. The molecule has 0 aliphatic heterocycles. The number of benzene rings is 1. The first kappa shape index (κ1) is 10.4. The summed E-state index contributed by atoms with van der Waals surface area (Å²) in [6, 6.07) is 6.04. The van der Waals surface area contributed by atoms with Gasteiger partial charge in [-0.1, -0.05) is 17.7 Å². The number of methoxy groups -OCH3 is 1. The molecule has 4 rings (SSSR count). The average molecular weight is 239 g/mol. The number of hydrogen-bond donors (Lipinski definition) is 1. The van der Waals surface area contributed by atoms with Gasteiger partial charge in [-0.2, -0.15) is 0 Å². The van der Waals surface area contributed by atoms with E-state index in [1.807, 2.05) is 12.1 Å². The van der Waals surface area contributed by atoms with Gasteiger partial charge in [0.1, 0.15) is 5.75 Å². The van der Waals surface area contributed by atoms with Gasteiger partial charge in [-0.3, -0.25) is 0 Å². The molecule has 3 fully saturated rings. The van der Waals surface area contributed by atoms with Crippen LogP contribution in [0.15, 0.2) is 18.2 Å². The molecule has 0 aromatic heterocycles. The lowest BCUT2D eigenvalue weighted by atomic mass is 9.34. The summed E-state index contributed by atoms with van der Waals surface area (Å²) in [4.78, 5) is 0. The number of aliphatic hydroxyl groups excluding tert-OH is 1. The van der Waals surface area contributed by atoms with E-state index in [-0.39, 0.29) is 5.41 Å². The lowest BCUT2D eigenvalue weighted by Crippen LogP contribution is -2.66. The minimum Gasteiger partial charge on any atom is -0.495 e. The Hall–Kier alpha value is -0.730. The van der Waals surface area contributed by atoms with Crippen LogP contribution in [0, 0.1) is 5.41 Å². The number of hydrogen-bond acceptors (Lipinski definition) is 2. The Morgan fingerprint density at radius 2 is 2.06 bits per heavy atom. The van der Waals surface area contributed by atoms with Crippen molar-refractivity contribution in [3.05, 3.63) is 28.8 Å². The fourth-order valence-electron chi connectivity index (χ4n) is 3.46. The van der Waals surface area contributed by atoms with E-state index >= 15 is 0 Å². The summed E-state index contributed by atoms with van der Waals surface area (Å²) >= 11 is 6.01. The molecule has 1 aromatic rings. The van der Waals surface area contributed by atoms with Crippen molar-refractivity contribution in [1.29, 1.82) is 0 Å². The highest BCUT2D eigenvalue weighted by Crippen LogP contribution is 2.73. The third kappa shape index (κ3) is 1.17. The summed E-state index contributed by atoms with van der Waals surface area (Å²) in [6.45, 7) is 0.333. The smallest absolute Gasteiger partial charge is 0.137 e. The van der Waals surface area contributed by atoms with Crippen molar-refractivity contribution in [3.8, 4) is 5.75 Å². The molecule has 16 heavy (non-hydrogen) atoms. The molecule has 0 amide bonds. The highest BCUT2D eigenvalue weighted by Gasteiger charge is 2.67. The first-order valence-corrected chi connectivity index (χ1v) is 5.96. The molecule has 3 heteroatoms. The Bertz CT molecular complexity index is 422. The van der Waals surface area contributed by atoms with E-state index in [0.29, 0.717) is 17.0 Å². The SMILES string of the molecule is COc1cc(C23CC(CO)(C2)C3)ccc1Cl. The predicted octanol–water partition coefficient (Wildman–Crippen LogP) is 2.76. The lowest BCUT2D eigenvalue weighted by molar-refractivity contribution is -0.167. The number of aliphatic hydroxyl groups is 1. The molecule has 3 aliphatic carbocycles. The normalized spacial score (nSPS) is 35.2. The first-order valence-electron chi connectivity index (χ1n) is 5.58. The van der Waals surface area contributed by atoms with Gasteiger partial charge in [0.25, 0.3) is 0 Å². The van der Waals surface area contributed by atoms with Crippen molar-refractivity contribution in [2.24, 2.45) is 5.41 Å². The molecule has 3 aliphatic rings. The summed E-state index contributed by atoms with van der Waals surface area (Å²) in [5.41, 5.74) is 1.86. The monoisotopic (exact) mass is 238 g/mol. The van der Waals surface area contributed by atoms with Gasteiger partial charge in [-0.25, -0.2) is 0 Å². The van der Waals surface area contributed by atoms with E-state index in [1.54, 1.807) is 7.11 Å². The Labute approximate surface area is 100 Å². The van der Waals surface area contributed by atoms with Gasteiger partial charge in [0.05, 0.1) is 12.1 Å². The molecule has 0 heterocycles. The molecule has 86 valence electrons. The molecule has 0 radical (unpaired) electrons. The minimum atomic E-state index is 0.243. The van der Waals surface area contributed by atoms with Crippen molar-refractivity contribution < 1.29 is 9.84 Å². The van der Waals surface area contributed by atoms with Gasteiger partial charge in [0.2, 0.25) is 0 Å². The second kappa shape index (κ2) is 3.14. The fourth-order valence-corrected chi connectivity index (χ4v) is 3.66. The van der Waals surface area contributed by atoms with Crippen molar-refractivity contribution in [1.82, 2.24) is 0 Å². The van der Waals surface area contributed by atoms with E-state index in [4.69, 9.17) is 16.3 Å². The maximum Gasteiger partial charge on any atom is 0.137 e. The summed E-state index contributed by atoms with van der Waals surface area (Å²) in [5.74, 6) is 0.752. The molecule has 0 spiro atoms. The zero-order valence-electron chi connectivity index (χ0n) is 9.29. The lowest BCUT2D eigenvalue weighted by Gasteiger charge is -2.70. The quantitative estimate of drug-likeness (QED) is 0.878. The van der Waals surface area contributed by atoms with Crippen molar-refractivity contribution in [2.75, 3.05) is 13.7 Å². The first-order chi connectivity index (χ1) is 7.63. The Balaban J connectivity index is 1.87. The highest BCUT2D eigenvalue weighted by molar-refractivity contribution is 6.32. The van der Waals surface area contributed by atoms with E-state index in [2.05, 4.69) is 6.07 Å². The van der Waals surface area contributed by atoms with Crippen LogP contribution >= 0.6 is 11.6 Å². The second-order valence-electron chi connectivity index (χ2n) is 5.32. The van der Waals surface area contributed by atoms with Crippen LogP contribution in [0.2, 0.25) is 5.02 Å². The maximum absolute atomic E-state index is 9.24. The third-order valence-electron chi connectivity index (χ3n) is 4.24. The summed E-state index contributed by atoms with van der Waals surface area (Å²) in [7, 11) is 1.64. The Kier molecular flexibility index (Phi) is 2.05. The molecule has 1 N–H and O–H groups in total. The van der Waals surface area contributed by atoms with Crippen molar-refractivity contribution in [3.63, 3.8) is 0 Å². The van der Waals surface area contributed by atoms with Gasteiger partial charge < -0.3 is 9.84 Å². The van der Waals surface area contributed by atoms with Crippen LogP contribution in [0.1, 0.15) is 24.8 Å². The van der Waals surface area contributed by atoms with E-state index < -0.39 is 0 Å². The van der Waals surface area contributed by atoms with Crippen LogP contribution in [0.3, 0.4) is 0 Å². The third-order valence-corrected chi connectivity index (χ3v) is 4.55. The molecule has 3 saturated carbocycles. The number of ether oxygens (including phenoxy) is 1. The topological polar surface area (TPSA) is 29.5 Å². The van der Waals surface area contributed by atoms with Crippen molar-refractivity contribution >= 4 is 11.6 Å². The van der Waals surface area contributed by atoms with E-state index in [9.17, 15) is 5.11 Å². The zero-order chi connectivity index (χ0) is 11.4. The molecular weight excluding hydrogens is 224 g/mol. The van der Waals surface area contributed by atoms with Crippen molar-refractivity contribution in [2.45, 2.75) is 24.7 Å². The van der Waals surface area contributed by atoms with Gasteiger partial charge >= 0.3 is 0 Å². The Morgan fingerprint density at radius 1 is 1.38 bits per heavy atom. The standard InChI is InChI=1S/C13H15ClO2/c1-16-11-4-9(2-3-10(11)14)13-5-12(6-13,7-13)8-15/h2-4,15H,5-8H2,1H3. The summed E-state index contributed by atoms with van der Waals surface area (Å²) in [5, 5.41) is 9.91. The summed E-state index contributed by atoms with van der Waals surface area (Å²) < 4.78 is 5.24. The van der Waals surface area contributed by atoms with Crippen LogP contribution in [-0.2, 0) is 5.41 Å². The van der Waals surface area contributed by atoms with E-state index in [1.165, 1.54) is 5.56 Å².